The molecule has 0 bridgehead atoms. The maximum Gasteiger partial charge on any atom is 0.0870 e. The molecule has 1 aromatic rings. The van der Waals surface area contributed by atoms with Crippen LogP contribution in [0.15, 0.2) is 18.2 Å². The van der Waals surface area contributed by atoms with Gasteiger partial charge in [0, 0.05) is 9.24 Å². The fourth-order valence-corrected chi connectivity index (χ4v) is 1.71. The highest BCUT2D eigenvalue weighted by Crippen LogP contribution is 2.01. The average molecular weight is 139 g/mol. The van der Waals surface area contributed by atoms with Gasteiger partial charge >= 0.3 is 0 Å². The van der Waals surface area contributed by atoms with Gasteiger partial charge in [0.1, 0.15) is 0 Å². The summed E-state index contributed by atoms with van der Waals surface area (Å²) in [4.78, 5) is 0. The Bertz CT molecular complexity index is 165. The molecule has 1 aromatic carbocycles. The van der Waals surface area contributed by atoms with Crippen LogP contribution in [0.1, 0.15) is 11.1 Å². The van der Waals surface area contributed by atoms with E-state index in [0.717, 1.165) is 0 Å². The first-order valence-corrected chi connectivity index (χ1v) is 3.79. The fourth-order valence-electron chi connectivity index (χ4n) is 1.07. The van der Waals surface area contributed by atoms with Crippen molar-refractivity contribution in [2.75, 3.05) is 0 Å². The number of hydrogen-bond donors (Lipinski definition) is 0. The van der Waals surface area contributed by atoms with Gasteiger partial charge in [-0.05, 0) is 37.1 Å². The van der Waals surface area contributed by atoms with E-state index in [-0.39, 0.29) is 0 Å². The van der Waals surface area contributed by atoms with Gasteiger partial charge in [0.05, 0.1) is 5.30 Å². The van der Waals surface area contributed by atoms with E-state index in [1.807, 2.05) is 9.24 Å². The molecule has 0 radical (unpaired) electrons. The van der Waals surface area contributed by atoms with Crippen molar-refractivity contribution in [1.29, 1.82) is 0 Å². The molecular weight excluding hydrogens is 127 g/mol. The monoisotopic (exact) mass is 139 g/mol. The summed E-state index contributed by atoms with van der Waals surface area (Å²) in [5.41, 5.74) is 2.72. The van der Waals surface area contributed by atoms with Gasteiger partial charge in [0.2, 0.25) is 0 Å². The fraction of sp³-hybridized carbons (Fsp3) is 0.250. The van der Waals surface area contributed by atoms with E-state index in [1.165, 1.54) is 16.4 Å². The second-order valence-corrected chi connectivity index (χ2v) is 3.31. The van der Waals surface area contributed by atoms with Gasteiger partial charge in [-0.3, -0.25) is 0 Å². The van der Waals surface area contributed by atoms with Crippen molar-refractivity contribution in [2.24, 2.45) is 0 Å². The molecule has 0 amide bonds. The summed E-state index contributed by atoms with van der Waals surface area (Å²) in [5.74, 6) is 0. The van der Waals surface area contributed by atoms with Crippen LogP contribution < -0.4 is 5.30 Å². The van der Waals surface area contributed by atoms with E-state index in [0.29, 0.717) is 0 Å². The van der Waals surface area contributed by atoms with Crippen LogP contribution in [0, 0.1) is 13.8 Å². The minimum atomic E-state index is 1.36. The third-order valence-electron chi connectivity index (χ3n) is 1.28. The van der Waals surface area contributed by atoms with E-state index in [9.17, 15) is 0 Å². The SMILES string of the molecule is Cc1cc(C)cc([PH3+])c1. The summed E-state index contributed by atoms with van der Waals surface area (Å²) in [5, 5.41) is 1.38. The largest absolute Gasteiger partial charge is 0.0870 e. The Balaban J connectivity index is 3.17. The molecule has 0 saturated heterocycles. The van der Waals surface area contributed by atoms with Crippen molar-refractivity contribution in [2.45, 2.75) is 13.8 Å². The summed E-state index contributed by atoms with van der Waals surface area (Å²) >= 11 is 0. The van der Waals surface area contributed by atoms with E-state index in [1.54, 1.807) is 0 Å². The lowest BCUT2D eigenvalue weighted by atomic mass is 10.2. The van der Waals surface area contributed by atoms with Gasteiger partial charge < -0.3 is 0 Å². The Labute approximate surface area is 58.5 Å². The van der Waals surface area contributed by atoms with Crippen LogP contribution in [0.2, 0.25) is 0 Å². The predicted molar refractivity (Wildman–Crippen MR) is 46.7 cm³/mol. The molecular formula is C8H12P+. The van der Waals surface area contributed by atoms with Crippen molar-refractivity contribution in [3.05, 3.63) is 29.3 Å². The summed E-state index contributed by atoms with van der Waals surface area (Å²) < 4.78 is 0. The molecule has 0 heterocycles. The highest BCUT2D eigenvalue weighted by atomic mass is 31.0. The molecule has 1 unspecified atom stereocenters. The van der Waals surface area contributed by atoms with Crippen molar-refractivity contribution in [1.82, 2.24) is 0 Å². The van der Waals surface area contributed by atoms with Crippen molar-refractivity contribution in [3.63, 3.8) is 0 Å². The molecule has 0 N–H and O–H groups in total. The molecule has 1 rings (SSSR count). The Morgan fingerprint density at radius 1 is 1.00 bits per heavy atom. The van der Waals surface area contributed by atoms with Crippen LogP contribution in [0.25, 0.3) is 0 Å². The second kappa shape index (κ2) is 2.49. The quantitative estimate of drug-likeness (QED) is 0.478. The average Bonchev–Trinajstić information content (AvgIpc) is 1.59. The Hall–Kier alpha value is -0.350. The number of benzene rings is 1. The topological polar surface area (TPSA) is 0 Å². The third-order valence-corrected chi connectivity index (χ3v) is 1.69. The van der Waals surface area contributed by atoms with Crippen molar-refractivity contribution in [3.8, 4) is 0 Å². The molecule has 1 heteroatoms. The molecule has 0 aliphatic carbocycles. The van der Waals surface area contributed by atoms with Crippen LogP contribution >= 0.6 is 9.24 Å². The molecule has 0 aliphatic rings. The van der Waals surface area contributed by atoms with Crippen LogP contribution in [-0.4, -0.2) is 0 Å². The summed E-state index contributed by atoms with van der Waals surface area (Å²) in [7, 11) is 1.93. The second-order valence-electron chi connectivity index (χ2n) is 2.50. The molecule has 0 spiro atoms. The third kappa shape index (κ3) is 1.80. The smallest absolute Gasteiger partial charge is 0.0561 e. The maximum absolute atomic E-state index is 2.20. The maximum atomic E-state index is 2.20. The molecule has 0 saturated carbocycles. The zero-order chi connectivity index (χ0) is 6.85. The van der Waals surface area contributed by atoms with Gasteiger partial charge in [-0.2, -0.15) is 0 Å². The molecule has 0 nitrogen and oxygen atoms in total. The lowest BCUT2D eigenvalue weighted by Crippen LogP contribution is -1.91. The summed E-state index contributed by atoms with van der Waals surface area (Å²) in [6.07, 6.45) is 0. The number of rotatable bonds is 0. The predicted octanol–water partition coefficient (Wildman–Crippen LogP) is 1.54. The lowest BCUT2D eigenvalue weighted by molar-refractivity contribution is 1.41. The molecule has 0 aromatic heterocycles. The normalized spacial score (nSPS) is 10.0. The van der Waals surface area contributed by atoms with Gasteiger partial charge in [0.15, 0.2) is 0 Å². The molecule has 9 heavy (non-hydrogen) atoms. The molecule has 0 fully saturated rings. The Morgan fingerprint density at radius 2 is 1.44 bits per heavy atom. The minimum absolute atomic E-state index is 1.36. The number of hydrogen-bond acceptors (Lipinski definition) is 0. The first-order chi connectivity index (χ1) is 4.18. The van der Waals surface area contributed by atoms with Crippen LogP contribution in [-0.2, 0) is 0 Å². The highest BCUT2D eigenvalue weighted by Gasteiger charge is 1.91. The Morgan fingerprint density at radius 3 is 1.78 bits per heavy atom. The van der Waals surface area contributed by atoms with E-state index in [4.69, 9.17) is 0 Å². The summed E-state index contributed by atoms with van der Waals surface area (Å²) in [6, 6.07) is 6.59. The molecule has 0 aliphatic heterocycles. The zero-order valence-electron chi connectivity index (χ0n) is 5.94. The number of aryl methyl sites for hydroxylation is 2. The molecule has 48 valence electrons. The van der Waals surface area contributed by atoms with Gasteiger partial charge in [0.25, 0.3) is 0 Å². The van der Waals surface area contributed by atoms with Crippen LogP contribution in [0.4, 0.5) is 0 Å². The van der Waals surface area contributed by atoms with E-state index >= 15 is 0 Å². The highest BCUT2D eigenvalue weighted by molar-refractivity contribution is 7.27. The summed E-state index contributed by atoms with van der Waals surface area (Å²) in [6.45, 7) is 4.26. The van der Waals surface area contributed by atoms with Crippen LogP contribution in [0.3, 0.4) is 0 Å². The zero-order valence-corrected chi connectivity index (χ0v) is 7.35. The van der Waals surface area contributed by atoms with Gasteiger partial charge in [-0.1, -0.05) is 6.07 Å². The standard InChI is InChI=1S/C8H11P/c1-6-3-7(2)5-8(9)4-6/h3-5H,9H2,1-2H3/p+1. The minimum Gasteiger partial charge on any atom is -0.0561 e. The van der Waals surface area contributed by atoms with Crippen molar-refractivity contribution >= 4 is 14.5 Å². The van der Waals surface area contributed by atoms with Crippen LogP contribution in [0.5, 0.6) is 0 Å². The Kier molecular flexibility index (Phi) is 1.87. The first kappa shape index (κ1) is 6.77. The van der Waals surface area contributed by atoms with E-state index < -0.39 is 0 Å². The van der Waals surface area contributed by atoms with Crippen molar-refractivity contribution < 1.29 is 0 Å². The molecule has 1 atom stereocenters. The van der Waals surface area contributed by atoms with Gasteiger partial charge in [-0.15, -0.1) is 0 Å². The lowest BCUT2D eigenvalue weighted by Gasteiger charge is -1.93. The van der Waals surface area contributed by atoms with Gasteiger partial charge in [-0.25, -0.2) is 0 Å². The first-order valence-electron chi connectivity index (χ1n) is 3.09. The van der Waals surface area contributed by atoms with E-state index in [2.05, 4.69) is 32.0 Å².